The molecule has 0 bridgehead atoms. The third-order valence-electron chi connectivity index (χ3n) is 0.933. The summed E-state index contributed by atoms with van der Waals surface area (Å²) >= 11 is 0. The van der Waals surface area contributed by atoms with E-state index in [2.05, 4.69) is 5.10 Å². The van der Waals surface area contributed by atoms with Crippen molar-refractivity contribution in [2.75, 3.05) is 0 Å². The van der Waals surface area contributed by atoms with Crippen LogP contribution in [0.25, 0.3) is 0 Å². The summed E-state index contributed by atoms with van der Waals surface area (Å²) in [6, 6.07) is 1.45. The number of aromatic carboxylic acids is 1. The predicted molar refractivity (Wildman–Crippen MR) is 41.5 cm³/mol. The number of hydrogen-bond donors (Lipinski definition) is 1. The average molecular weight is 156 g/mol. The second-order valence-corrected chi connectivity index (χ2v) is 1.68. The first-order chi connectivity index (χ1) is 5.20. The van der Waals surface area contributed by atoms with Gasteiger partial charge in [0.2, 0.25) is 0 Å². The number of nitrogens with zero attached hydrogens (tertiary/aromatic N) is 2. The molecule has 0 unspecified atom stereocenters. The molecule has 62 valence electrons. The molecule has 4 nitrogen and oxygen atoms in total. The van der Waals surface area contributed by atoms with E-state index in [1.54, 1.807) is 13.2 Å². The molecule has 1 rings (SSSR count). The lowest BCUT2D eigenvalue weighted by Gasteiger charge is -1.83. The molecule has 0 spiro atoms. The average Bonchev–Trinajstić information content (AvgIpc) is 2.40. The van der Waals surface area contributed by atoms with Crippen LogP contribution in [0.15, 0.2) is 12.3 Å². The highest BCUT2D eigenvalue weighted by Crippen LogP contribution is 1.91. The van der Waals surface area contributed by atoms with Crippen molar-refractivity contribution >= 4 is 5.97 Å². The summed E-state index contributed by atoms with van der Waals surface area (Å²) in [5.41, 5.74) is 0.0810. The Hall–Kier alpha value is -1.32. The van der Waals surface area contributed by atoms with Gasteiger partial charge in [0.1, 0.15) is 0 Å². The van der Waals surface area contributed by atoms with Gasteiger partial charge in [-0.2, -0.15) is 5.10 Å². The van der Waals surface area contributed by atoms with Crippen molar-refractivity contribution in [1.29, 1.82) is 0 Å². The SMILES string of the molecule is CC.Cn1ccc(C(=O)O)n1. The summed E-state index contributed by atoms with van der Waals surface area (Å²) in [4.78, 5) is 10.1. The normalized spacial score (nSPS) is 8.27. The molecule has 0 aliphatic rings. The first-order valence-corrected chi connectivity index (χ1v) is 3.43. The van der Waals surface area contributed by atoms with Crippen LogP contribution in [-0.2, 0) is 7.05 Å². The van der Waals surface area contributed by atoms with Gasteiger partial charge in [0.15, 0.2) is 5.69 Å². The number of carboxylic acid groups (broad SMARTS) is 1. The van der Waals surface area contributed by atoms with Crippen molar-refractivity contribution in [3.8, 4) is 0 Å². The van der Waals surface area contributed by atoms with Gasteiger partial charge in [-0.1, -0.05) is 13.8 Å². The summed E-state index contributed by atoms with van der Waals surface area (Å²) in [7, 11) is 1.67. The van der Waals surface area contributed by atoms with Gasteiger partial charge >= 0.3 is 5.97 Å². The molecule has 0 atom stereocenters. The Labute approximate surface area is 65.5 Å². The lowest BCUT2D eigenvalue weighted by Crippen LogP contribution is -1.98. The van der Waals surface area contributed by atoms with E-state index < -0.39 is 5.97 Å². The number of carboxylic acids is 1. The lowest BCUT2D eigenvalue weighted by molar-refractivity contribution is 0.0689. The van der Waals surface area contributed by atoms with Gasteiger partial charge in [0.25, 0.3) is 0 Å². The maximum absolute atomic E-state index is 10.1. The monoisotopic (exact) mass is 156 g/mol. The maximum atomic E-state index is 10.1. The molecule has 1 aromatic heterocycles. The molecule has 1 heterocycles. The largest absolute Gasteiger partial charge is 0.476 e. The van der Waals surface area contributed by atoms with Gasteiger partial charge < -0.3 is 5.11 Å². The summed E-state index contributed by atoms with van der Waals surface area (Å²) in [6.07, 6.45) is 1.59. The molecule has 11 heavy (non-hydrogen) atoms. The Morgan fingerprint density at radius 1 is 1.64 bits per heavy atom. The highest BCUT2D eigenvalue weighted by atomic mass is 16.4. The molecule has 0 radical (unpaired) electrons. The molecule has 0 saturated carbocycles. The van der Waals surface area contributed by atoms with E-state index >= 15 is 0 Å². The Kier molecular flexibility index (Phi) is 3.95. The summed E-state index contributed by atoms with van der Waals surface area (Å²) in [5.74, 6) is -0.990. The van der Waals surface area contributed by atoms with Crippen molar-refractivity contribution in [3.63, 3.8) is 0 Å². The molecule has 0 saturated heterocycles. The van der Waals surface area contributed by atoms with E-state index in [1.165, 1.54) is 10.7 Å². The van der Waals surface area contributed by atoms with Crippen molar-refractivity contribution in [2.45, 2.75) is 13.8 Å². The predicted octanol–water partition coefficient (Wildman–Crippen LogP) is 1.14. The molecular formula is C7H12N2O2. The van der Waals surface area contributed by atoms with Crippen LogP contribution < -0.4 is 0 Å². The summed E-state index contributed by atoms with van der Waals surface area (Å²) < 4.78 is 1.45. The van der Waals surface area contributed by atoms with Gasteiger partial charge in [-0.3, -0.25) is 4.68 Å². The molecule has 1 N–H and O–H groups in total. The zero-order valence-electron chi connectivity index (χ0n) is 6.90. The molecule has 0 fully saturated rings. The fraction of sp³-hybridized carbons (Fsp3) is 0.429. The van der Waals surface area contributed by atoms with Crippen LogP contribution in [0, 0.1) is 0 Å². The van der Waals surface area contributed by atoms with E-state index in [4.69, 9.17) is 5.11 Å². The smallest absolute Gasteiger partial charge is 0.356 e. The minimum absolute atomic E-state index is 0.0810. The number of aryl methyl sites for hydroxylation is 1. The van der Waals surface area contributed by atoms with Crippen molar-refractivity contribution in [1.82, 2.24) is 9.78 Å². The first kappa shape index (κ1) is 9.68. The van der Waals surface area contributed by atoms with E-state index in [-0.39, 0.29) is 5.69 Å². The Bertz CT molecular complexity index is 230. The topological polar surface area (TPSA) is 55.1 Å². The van der Waals surface area contributed by atoms with Crippen LogP contribution in [0.1, 0.15) is 24.3 Å². The number of hydrogen-bond acceptors (Lipinski definition) is 2. The molecule has 0 aliphatic heterocycles. The number of rotatable bonds is 1. The van der Waals surface area contributed by atoms with Crippen LogP contribution in [-0.4, -0.2) is 20.9 Å². The zero-order valence-corrected chi connectivity index (χ0v) is 6.90. The van der Waals surface area contributed by atoms with E-state index in [1.807, 2.05) is 13.8 Å². The third-order valence-corrected chi connectivity index (χ3v) is 0.933. The fourth-order valence-corrected chi connectivity index (χ4v) is 0.529. The summed E-state index contributed by atoms with van der Waals surface area (Å²) in [5, 5.41) is 11.9. The number of aromatic nitrogens is 2. The minimum Gasteiger partial charge on any atom is -0.476 e. The van der Waals surface area contributed by atoms with E-state index in [9.17, 15) is 4.79 Å². The van der Waals surface area contributed by atoms with E-state index in [0.29, 0.717) is 0 Å². The first-order valence-electron chi connectivity index (χ1n) is 3.43. The van der Waals surface area contributed by atoms with Crippen LogP contribution in [0.4, 0.5) is 0 Å². The number of carbonyl (C=O) groups is 1. The molecule has 0 aromatic carbocycles. The van der Waals surface area contributed by atoms with Gasteiger partial charge in [-0.05, 0) is 6.07 Å². The van der Waals surface area contributed by atoms with Crippen LogP contribution in [0.5, 0.6) is 0 Å². The lowest BCUT2D eigenvalue weighted by atomic mass is 10.5. The van der Waals surface area contributed by atoms with Gasteiger partial charge in [-0.15, -0.1) is 0 Å². The molecule has 4 heteroatoms. The molecular weight excluding hydrogens is 144 g/mol. The highest BCUT2D eigenvalue weighted by Gasteiger charge is 2.03. The highest BCUT2D eigenvalue weighted by molar-refractivity contribution is 5.84. The van der Waals surface area contributed by atoms with Crippen molar-refractivity contribution < 1.29 is 9.90 Å². The Morgan fingerprint density at radius 2 is 2.18 bits per heavy atom. The minimum atomic E-state index is -0.990. The maximum Gasteiger partial charge on any atom is 0.356 e. The van der Waals surface area contributed by atoms with Gasteiger partial charge in [0.05, 0.1) is 0 Å². The van der Waals surface area contributed by atoms with Crippen LogP contribution in [0.3, 0.4) is 0 Å². The van der Waals surface area contributed by atoms with E-state index in [0.717, 1.165) is 0 Å². The standard InChI is InChI=1S/C5H6N2O2.C2H6/c1-7-3-2-4(6-7)5(8)9;1-2/h2-3H,1H3,(H,8,9);1-2H3. The zero-order chi connectivity index (χ0) is 8.85. The van der Waals surface area contributed by atoms with Crippen molar-refractivity contribution in [2.24, 2.45) is 7.05 Å². The quantitative estimate of drug-likeness (QED) is 0.663. The second-order valence-electron chi connectivity index (χ2n) is 1.68. The third kappa shape index (κ3) is 2.84. The second kappa shape index (κ2) is 4.49. The van der Waals surface area contributed by atoms with Crippen molar-refractivity contribution in [3.05, 3.63) is 18.0 Å². The Balaban J connectivity index is 0.000000461. The van der Waals surface area contributed by atoms with Crippen LogP contribution >= 0.6 is 0 Å². The molecule has 0 aliphatic carbocycles. The van der Waals surface area contributed by atoms with Gasteiger partial charge in [0, 0.05) is 13.2 Å². The summed E-state index contributed by atoms with van der Waals surface area (Å²) in [6.45, 7) is 4.00. The Morgan fingerprint density at radius 3 is 2.36 bits per heavy atom. The van der Waals surface area contributed by atoms with Gasteiger partial charge in [-0.25, -0.2) is 4.79 Å². The van der Waals surface area contributed by atoms with Crippen LogP contribution in [0.2, 0.25) is 0 Å². The molecule has 1 aromatic rings. The molecule has 0 amide bonds. The fourth-order valence-electron chi connectivity index (χ4n) is 0.529.